The Labute approximate surface area is 133 Å². The van der Waals surface area contributed by atoms with Crippen LogP contribution in [-0.4, -0.2) is 17.0 Å². The number of rotatable bonds is 6. The number of hydrogen-bond donors (Lipinski definition) is 2. The maximum atomic E-state index is 12.2. The highest BCUT2D eigenvalue weighted by atomic mass is 79.9. The van der Waals surface area contributed by atoms with Gasteiger partial charge in [-0.2, -0.15) is 0 Å². The highest BCUT2D eigenvalue weighted by Gasteiger charge is 2.39. The smallest absolute Gasteiger partial charge is 0.311 e. The fraction of sp³-hybridized carbons (Fsp3) is 0.500. The number of carboxylic acids is 1. The van der Waals surface area contributed by atoms with Crippen molar-refractivity contribution in [2.24, 2.45) is 5.92 Å². The minimum absolute atomic E-state index is 0.172. The highest BCUT2D eigenvalue weighted by Crippen LogP contribution is 2.39. The molecule has 21 heavy (non-hydrogen) atoms. The van der Waals surface area contributed by atoms with Crippen molar-refractivity contribution in [3.05, 3.63) is 28.2 Å². The molecule has 0 aliphatic carbocycles. The fourth-order valence-corrected chi connectivity index (χ4v) is 3.27. The summed E-state index contributed by atoms with van der Waals surface area (Å²) in [5.74, 6) is -2.34. The van der Waals surface area contributed by atoms with Gasteiger partial charge in [-0.25, -0.2) is 0 Å². The normalized spacial score (nSPS) is 20.8. The average Bonchev–Trinajstić information content (AvgIpc) is 2.43. The molecule has 0 bridgehead atoms. The van der Waals surface area contributed by atoms with Gasteiger partial charge in [0.25, 0.3) is 0 Å². The van der Waals surface area contributed by atoms with Crippen LogP contribution in [0.1, 0.15) is 50.5 Å². The molecule has 2 N–H and O–H groups in total. The lowest BCUT2D eigenvalue weighted by molar-refractivity contribution is -0.143. The second-order valence-corrected chi connectivity index (χ2v) is 6.41. The van der Waals surface area contributed by atoms with Gasteiger partial charge < -0.3 is 10.4 Å². The number of carbonyl (C=O) groups excluding carboxylic acids is 1. The van der Waals surface area contributed by atoms with Crippen molar-refractivity contribution in [1.29, 1.82) is 0 Å². The van der Waals surface area contributed by atoms with Crippen molar-refractivity contribution >= 4 is 33.5 Å². The SMILES string of the molecule is CCCCCC[C@@H]1C(=O)Nc2ccc(Br)cc2[C@H]1C(=O)O. The number of aliphatic carboxylic acids is 1. The molecule has 1 aliphatic rings. The Morgan fingerprint density at radius 2 is 2.10 bits per heavy atom. The Morgan fingerprint density at radius 3 is 2.76 bits per heavy atom. The van der Waals surface area contributed by atoms with Crippen LogP contribution in [0.5, 0.6) is 0 Å². The molecule has 1 aromatic carbocycles. The third kappa shape index (κ3) is 3.64. The van der Waals surface area contributed by atoms with Crippen LogP contribution in [0.15, 0.2) is 22.7 Å². The van der Waals surface area contributed by atoms with Gasteiger partial charge in [0.15, 0.2) is 0 Å². The van der Waals surface area contributed by atoms with E-state index >= 15 is 0 Å². The molecule has 1 heterocycles. The molecule has 0 fully saturated rings. The monoisotopic (exact) mass is 353 g/mol. The molecule has 0 unspecified atom stereocenters. The van der Waals surface area contributed by atoms with Gasteiger partial charge in [0.05, 0.1) is 11.8 Å². The van der Waals surface area contributed by atoms with Gasteiger partial charge in [0, 0.05) is 10.2 Å². The van der Waals surface area contributed by atoms with Crippen LogP contribution in [0.3, 0.4) is 0 Å². The number of unbranched alkanes of at least 4 members (excludes halogenated alkanes) is 3. The molecule has 0 saturated carbocycles. The van der Waals surface area contributed by atoms with Crippen LogP contribution in [-0.2, 0) is 9.59 Å². The lowest BCUT2D eigenvalue weighted by Crippen LogP contribution is -2.37. The molecule has 1 amide bonds. The first-order valence-corrected chi connectivity index (χ1v) is 8.17. The molecule has 0 aromatic heterocycles. The van der Waals surface area contributed by atoms with Crippen molar-refractivity contribution in [1.82, 2.24) is 0 Å². The van der Waals surface area contributed by atoms with Gasteiger partial charge in [0.1, 0.15) is 0 Å². The fourth-order valence-electron chi connectivity index (χ4n) is 2.89. The van der Waals surface area contributed by atoms with E-state index in [-0.39, 0.29) is 5.91 Å². The van der Waals surface area contributed by atoms with Crippen molar-refractivity contribution in [3.8, 4) is 0 Å². The van der Waals surface area contributed by atoms with Crippen LogP contribution in [0.25, 0.3) is 0 Å². The van der Waals surface area contributed by atoms with Crippen molar-refractivity contribution < 1.29 is 14.7 Å². The summed E-state index contributed by atoms with van der Waals surface area (Å²) < 4.78 is 0.827. The van der Waals surface area contributed by atoms with Gasteiger partial charge in [-0.3, -0.25) is 9.59 Å². The number of hydrogen-bond acceptors (Lipinski definition) is 2. The third-order valence-corrected chi connectivity index (χ3v) is 4.47. The van der Waals surface area contributed by atoms with E-state index in [1.165, 1.54) is 0 Å². The van der Waals surface area contributed by atoms with Crippen LogP contribution < -0.4 is 5.32 Å². The van der Waals surface area contributed by atoms with Crippen LogP contribution in [0, 0.1) is 5.92 Å². The maximum absolute atomic E-state index is 12.2. The summed E-state index contributed by atoms with van der Waals surface area (Å²) in [6.07, 6.45) is 4.79. The zero-order chi connectivity index (χ0) is 15.4. The molecular weight excluding hydrogens is 334 g/mol. The van der Waals surface area contributed by atoms with Crippen LogP contribution >= 0.6 is 15.9 Å². The first-order chi connectivity index (χ1) is 10.0. The predicted molar refractivity (Wildman–Crippen MR) is 85.4 cm³/mol. The molecule has 4 nitrogen and oxygen atoms in total. The van der Waals surface area contributed by atoms with Crippen molar-refractivity contribution in [2.45, 2.75) is 44.9 Å². The number of amides is 1. The van der Waals surface area contributed by atoms with Crippen molar-refractivity contribution in [3.63, 3.8) is 0 Å². The molecular formula is C16H20BrNO3. The molecule has 1 aliphatic heterocycles. The number of anilines is 1. The van der Waals surface area contributed by atoms with E-state index in [2.05, 4.69) is 28.2 Å². The van der Waals surface area contributed by atoms with Gasteiger partial charge >= 0.3 is 5.97 Å². The Kier molecular flexibility index (Phi) is 5.39. The minimum Gasteiger partial charge on any atom is -0.481 e. The summed E-state index contributed by atoms with van der Waals surface area (Å²) in [6, 6.07) is 5.35. The summed E-state index contributed by atoms with van der Waals surface area (Å²) in [4.78, 5) is 23.9. The first kappa shape index (κ1) is 16.0. The Hall–Kier alpha value is -1.36. The van der Waals surface area contributed by atoms with Gasteiger partial charge in [-0.15, -0.1) is 0 Å². The topological polar surface area (TPSA) is 66.4 Å². The van der Waals surface area contributed by atoms with E-state index < -0.39 is 17.8 Å². The third-order valence-electron chi connectivity index (χ3n) is 3.98. The highest BCUT2D eigenvalue weighted by molar-refractivity contribution is 9.10. The summed E-state index contributed by atoms with van der Waals surface area (Å²) in [6.45, 7) is 2.13. The summed E-state index contributed by atoms with van der Waals surface area (Å²) >= 11 is 3.37. The Balaban J connectivity index is 2.24. The van der Waals surface area contributed by atoms with E-state index in [9.17, 15) is 14.7 Å². The Bertz CT molecular complexity index is 544. The second-order valence-electron chi connectivity index (χ2n) is 5.49. The number of carbonyl (C=O) groups is 2. The molecule has 2 atom stereocenters. The number of benzene rings is 1. The number of nitrogens with one attached hydrogen (secondary N) is 1. The van der Waals surface area contributed by atoms with E-state index in [1.54, 1.807) is 18.2 Å². The Morgan fingerprint density at radius 1 is 1.33 bits per heavy atom. The zero-order valence-electron chi connectivity index (χ0n) is 12.1. The summed E-state index contributed by atoms with van der Waals surface area (Å²) in [5, 5.41) is 12.4. The number of fused-ring (bicyclic) bond motifs is 1. The molecule has 2 rings (SSSR count). The van der Waals surface area contributed by atoms with Crippen molar-refractivity contribution in [2.75, 3.05) is 5.32 Å². The molecule has 0 saturated heterocycles. The number of halogens is 1. The van der Waals surface area contributed by atoms with Gasteiger partial charge in [-0.1, -0.05) is 48.5 Å². The number of carboxylic acid groups (broad SMARTS) is 1. The van der Waals surface area contributed by atoms with Crippen LogP contribution in [0.4, 0.5) is 5.69 Å². The zero-order valence-corrected chi connectivity index (χ0v) is 13.6. The van der Waals surface area contributed by atoms with Gasteiger partial charge in [-0.05, 0) is 30.2 Å². The second kappa shape index (κ2) is 7.07. The first-order valence-electron chi connectivity index (χ1n) is 7.37. The largest absolute Gasteiger partial charge is 0.481 e. The lowest BCUT2D eigenvalue weighted by Gasteiger charge is -2.30. The van der Waals surface area contributed by atoms with E-state index in [0.717, 1.165) is 30.2 Å². The predicted octanol–water partition coefficient (Wildman–Crippen LogP) is 4.16. The van der Waals surface area contributed by atoms with E-state index in [4.69, 9.17) is 0 Å². The quantitative estimate of drug-likeness (QED) is 0.754. The molecule has 5 heteroatoms. The summed E-state index contributed by atoms with van der Waals surface area (Å²) in [5.41, 5.74) is 1.30. The van der Waals surface area contributed by atoms with E-state index in [0.29, 0.717) is 17.7 Å². The van der Waals surface area contributed by atoms with E-state index in [1.807, 2.05) is 0 Å². The summed E-state index contributed by atoms with van der Waals surface area (Å²) in [7, 11) is 0. The minimum atomic E-state index is -0.926. The maximum Gasteiger partial charge on any atom is 0.311 e. The molecule has 114 valence electrons. The molecule has 0 spiro atoms. The van der Waals surface area contributed by atoms with Crippen LogP contribution in [0.2, 0.25) is 0 Å². The standard InChI is InChI=1S/C16H20BrNO3/c1-2-3-4-5-6-11-14(16(20)21)12-9-10(17)7-8-13(12)18-15(11)19/h7-9,11,14H,2-6H2,1H3,(H,18,19)(H,20,21)/t11-,14-/m0/s1. The molecule has 1 aromatic rings. The van der Waals surface area contributed by atoms with Gasteiger partial charge in [0.2, 0.25) is 5.91 Å². The lowest BCUT2D eigenvalue weighted by atomic mass is 9.79. The molecule has 0 radical (unpaired) electrons. The average molecular weight is 354 g/mol.